The van der Waals surface area contributed by atoms with Crippen LogP contribution in [0.4, 0.5) is 23.3 Å². The first-order valence-electron chi connectivity index (χ1n) is 14.0. The van der Waals surface area contributed by atoms with Crippen LogP contribution in [0.1, 0.15) is 73.5 Å². The zero-order valence-electron chi connectivity index (χ0n) is 22.1. The van der Waals surface area contributed by atoms with Gasteiger partial charge in [0.05, 0.1) is 5.56 Å². The Bertz CT molecular complexity index is 1420. The van der Waals surface area contributed by atoms with E-state index < -0.39 is 0 Å². The molecule has 4 aromatic rings. The average Bonchev–Trinajstić information content (AvgIpc) is 2.99. The van der Waals surface area contributed by atoms with Crippen molar-refractivity contribution in [1.29, 1.82) is 0 Å². The number of anilines is 4. The topological polar surface area (TPSA) is 103 Å². The highest BCUT2D eigenvalue weighted by atomic mass is 16.3. The van der Waals surface area contributed by atoms with Gasteiger partial charge in [0.15, 0.2) is 0 Å². The standard InChI is InChI=1S/C31H34N6O2/c38-27-25-12-6-5-9-21(25)13-18-26(27)29(39)32-23-14-16-24(17-15-23)33-30-34-28(22-10-3-1-4-11-22)35-31(36-30)37-19-7-2-8-20-37/h5-6,9,12-18,22,38H,1-4,7-8,10-11,19-20H2,(H,32,39)(H,33,34,35,36). The van der Waals surface area contributed by atoms with Crippen molar-refractivity contribution in [2.45, 2.75) is 57.3 Å². The van der Waals surface area contributed by atoms with Crippen LogP contribution in [0.15, 0.2) is 60.7 Å². The second kappa shape index (κ2) is 11.3. The van der Waals surface area contributed by atoms with E-state index in [0.717, 1.165) is 61.6 Å². The summed E-state index contributed by atoms with van der Waals surface area (Å²) in [5.41, 5.74) is 1.69. The quantitative estimate of drug-likeness (QED) is 0.257. The first kappa shape index (κ1) is 25.1. The number of rotatable bonds is 6. The molecular weight excluding hydrogens is 488 g/mol. The summed E-state index contributed by atoms with van der Waals surface area (Å²) in [4.78, 5) is 29.7. The number of aromatic hydroxyl groups is 1. The summed E-state index contributed by atoms with van der Waals surface area (Å²) in [6.07, 6.45) is 9.58. The van der Waals surface area contributed by atoms with Crippen LogP contribution in [0.5, 0.6) is 5.75 Å². The van der Waals surface area contributed by atoms with E-state index in [0.29, 0.717) is 22.9 Å². The van der Waals surface area contributed by atoms with Crippen molar-refractivity contribution in [2.75, 3.05) is 28.6 Å². The van der Waals surface area contributed by atoms with Crippen LogP contribution in [0.3, 0.4) is 0 Å². The molecule has 8 heteroatoms. The van der Waals surface area contributed by atoms with Crippen LogP contribution < -0.4 is 15.5 Å². The van der Waals surface area contributed by atoms with Crippen molar-refractivity contribution >= 4 is 40.0 Å². The number of aromatic nitrogens is 3. The number of piperidine rings is 1. The van der Waals surface area contributed by atoms with Gasteiger partial charge in [0.1, 0.15) is 11.6 Å². The molecule has 1 amide bonds. The number of hydrogen-bond donors (Lipinski definition) is 3. The van der Waals surface area contributed by atoms with Gasteiger partial charge in [-0.05, 0) is 67.8 Å². The molecular formula is C31H34N6O2. The third kappa shape index (κ3) is 5.65. The molecule has 1 aromatic heterocycles. The van der Waals surface area contributed by atoms with Crippen molar-refractivity contribution in [3.8, 4) is 5.75 Å². The molecule has 0 unspecified atom stereocenters. The fourth-order valence-electron chi connectivity index (χ4n) is 5.62. The zero-order chi connectivity index (χ0) is 26.6. The molecule has 2 fully saturated rings. The van der Waals surface area contributed by atoms with E-state index in [-0.39, 0.29) is 17.2 Å². The fraction of sp³-hybridized carbons (Fsp3) is 0.355. The van der Waals surface area contributed by atoms with Crippen molar-refractivity contribution in [3.05, 3.63) is 72.1 Å². The molecule has 0 atom stereocenters. The second-order valence-electron chi connectivity index (χ2n) is 10.5. The van der Waals surface area contributed by atoms with E-state index >= 15 is 0 Å². The summed E-state index contributed by atoms with van der Waals surface area (Å²) in [5, 5.41) is 18.4. The van der Waals surface area contributed by atoms with Crippen LogP contribution in [0, 0.1) is 0 Å². The lowest BCUT2D eigenvalue weighted by Gasteiger charge is -2.28. The molecule has 1 aliphatic heterocycles. The molecule has 1 saturated carbocycles. The first-order chi connectivity index (χ1) is 19.1. The smallest absolute Gasteiger partial charge is 0.259 e. The third-order valence-corrected chi connectivity index (χ3v) is 7.79. The summed E-state index contributed by atoms with van der Waals surface area (Å²) in [6, 6.07) is 18.4. The number of amides is 1. The molecule has 8 nitrogen and oxygen atoms in total. The zero-order valence-corrected chi connectivity index (χ0v) is 22.1. The van der Waals surface area contributed by atoms with Crippen molar-refractivity contribution < 1.29 is 9.90 Å². The Labute approximate surface area is 228 Å². The number of carbonyl (C=O) groups is 1. The summed E-state index contributed by atoms with van der Waals surface area (Å²) in [6.45, 7) is 1.96. The van der Waals surface area contributed by atoms with Crippen molar-refractivity contribution in [3.63, 3.8) is 0 Å². The maximum Gasteiger partial charge on any atom is 0.259 e. The summed E-state index contributed by atoms with van der Waals surface area (Å²) < 4.78 is 0. The van der Waals surface area contributed by atoms with Gasteiger partial charge in [-0.15, -0.1) is 0 Å². The first-order valence-corrected chi connectivity index (χ1v) is 14.0. The Balaban J connectivity index is 1.19. The van der Waals surface area contributed by atoms with Gasteiger partial charge in [0, 0.05) is 35.8 Å². The number of phenolic OH excluding ortho intramolecular Hbond substituents is 1. The van der Waals surface area contributed by atoms with Crippen LogP contribution in [0.2, 0.25) is 0 Å². The van der Waals surface area contributed by atoms with E-state index in [2.05, 4.69) is 15.5 Å². The lowest BCUT2D eigenvalue weighted by Crippen LogP contribution is -2.31. The lowest BCUT2D eigenvalue weighted by atomic mass is 9.89. The molecule has 2 aliphatic rings. The number of nitrogens with one attached hydrogen (secondary N) is 2. The van der Waals surface area contributed by atoms with Gasteiger partial charge >= 0.3 is 0 Å². The molecule has 6 rings (SSSR count). The largest absolute Gasteiger partial charge is 0.506 e. The molecule has 0 bridgehead atoms. The third-order valence-electron chi connectivity index (χ3n) is 7.79. The van der Waals surface area contributed by atoms with Gasteiger partial charge in [-0.25, -0.2) is 0 Å². The SMILES string of the molecule is O=C(Nc1ccc(Nc2nc(C3CCCCC3)nc(N3CCCCC3)n2)cc1)c1ccc2ccccc2c1O. The number of benzene rings is 3. The van der Waals surface area contributed by atoms with Gasteiger partial charge in [-0.1, -0.05) is 49.6 Å². The molecule has 0 spiro atoms. The Morgan fingerprint density at radius 2 is 1.51 bits per heavy atom. The molecule has 1 aliphatic carbocycles. The summed E-state index contributed by atoms with van der Waals surface area (Å²) >= 11 is 0. The second-order valence-corrected chi connectivity index (χ2v) is 10.5. The Morgan fingerprint density at radius 1 is 0.795 bits per heavy atom. The summed E-state index contributed by atoms with van der Waals surface area (Å²) in [7, 11) is 0. The minimum absolute atomic E-state index is 0.0167. The van der Waals surface area contributed by atoms with E-state index in [4.69, 9.17) is 15.0 Å². The number of carbonyl (C=O) groups excluding carboxylic acids is 1. The average molecular weight is 523 g/mol. The normalized spacial score (nSPS) is 16.3. The van der Waals surface area contributed by atoms with Gasteiger partial charge in [0.2, 0.25) is 11.9 Å². The van der Waals surface area contributed by atoms with E-state index in [1.54, 1.807) is 12.1 Å². The van der Waals surface area contributed by atoms with E-state index in [1.807, 2.05) is 48.5 Å². The highest BCUT2D eigenvalue weighted by molar-refractivity contribution is 6.09. The Kier molecular flexibility index (Phi) is 7.25. The molecule has 39 heavy (non-hydrogen) atoms. The van der Waals surface area contributed by atoms with E-state index in [9.17, 15) is 9.90 Å². The monoisotopic (exact) mass is 522 g/mol. The highest BCUT2D eigenvalue weighted by Crippen LogP contribution is 2.33. The molecule has 3 aromatic carbocycles. The Hall–Kier alpha value is -4.20. The lowest BCUT2D eigenvalue weighted by molar-refractivity contribution is 0.102. The highest BCUT2D eigenvalue weighted by Gasteiger charge is 2.23. The van der Waals surface area contributed by atoms with Gasteiger partial charge in [-0.3, -0.25) is 4.79 Å². The minimum atomic E-state index is -0.361. The van der Waals surface area contributed by atoms with Crippen LogP contribution >= 0.6 is 0 Å². The number of nitrogens with zero attached hydrogens (tertiary/aromatic N) is 4. The van der Waals surface area contributed by atoms with Crippen LogP contribution in [0.25, 0.3) is 10.8 Å². The molecule has 2 heterocycles. The summed E-state index contributed by atoms with van der Waals surface area (Å²) in [5.74, 6) is 2.23. The van der Waals surface area contributed by atoms with Gasteiger partial charge in [-0.2, -0.15) is 15.0 Å². The fourth-order valence-corrected chi connectivity index (χ4v) is 5.62. The van der Waals surface area contributed by atoms with Gasteiger partial charge in [0.25, 0.3) is 5.91 Å². The number of hydrogen-bond acceptors (Lipinski definition) is 7. The van der Waals surface area contributed by atoms with E-state index in [1.165, 1.54) is 25.7 Å². The minimum Gasteiger partial charge on any atom is -0.506 e. The number of phenols is 1. The van der Waals surface area contributed by atoms with Crippen LogP contribution in [-0.2, 0) is 0 Å². The maximum atomic E-state index is 12.9. The molecule has 200 valence electrons. The predicted octanol–water partition coefficient (Wildman–Crippen LogP) is 6.76. The molecule has 0 radical (unpaired) electrons. The van der Waals surface area contributed by atoms with Crippen molar-refractivity contribution in [1.82, 2.24) is 15.0 Å². The van der Waals surface area contributed by atoms with Crippen molar-refractivity contribution in [2.24, 2.45) is 0 Å². The maximum absolute atomic E-state index is 12.9. The predicted molar refractivity (Wildman–Crippen MR) is 155 cm³/mol. The number of fused-ring (bicyclic) bond motifs is 1. The van der Waals surface area contributed by atoms with Crippen LogP contribution in [-0.4, -0.2) is 39.1 Å². The molecule has 3 N–H and O–H groups in total. The molecule has 1 saturated heterocycles. The van der Waals surface area contributed by atoms with Gasteiger partial charge < -0.3 is 20.6 Å². The Morgan fingerprint density at radius 3 is 2.31 bits per heavy atom.